The molecule has 0 N–H and O–H groups in total. The van der Waals surface area contributed by atoms with E-state index in [1.165, 1.54) is 41.3 Å². The Kier molecular flexibility index (Phi) is 18.2. The quantitative estimate of drug-likeness (QED) is 0.0540. The van der Waals surface area contributed by atoms with E-state index in [1.54, 1.807) is 30.5 Å². The Morgan fingerprint density at radius 2 is 1.51 bits per heavy atom. The molecule has 0 radical (unpaired) electrons. The number of thioether (sulfide) groups is 1. The first-order chi connectivity index (χ1) is 26.3. The normalized spacial score (nSPS) is 12.0. The topological polar surface area (TPSA) is 129 Å². The molecular formula is C37H40Cl3F5N4O6S2. The van der Waals surface area contributed by atoms with Gasteiger partial charge in [0.25, 0.3) is 0 Å². The molecule has 20 heteroatoms. The molecule has 1 heterocycles. The SMILES string of the molecule is CN(CCCCC[N+](C)(C)C)S(=O)(=O)c1cc(F)c(CSc2ncc(C(C)(C)c3ccc(Cl)c(Cl)c3)n2-c2ccc(F)cc2)c(Cl)c1.O=C([O-])C(F)(F)F.O=C=O. The first-order valence-corrected chi connectivity index (χ1v) is 20.3. The highest BCUT2D eigenvalue weighted by atomic mass is 35.5. The summed E-state index contributed by atoms with van der Waals surface area (Å²) in [7, 11) is 3.91. The van der Waals surface area contributed by atoms with Crippen molar-refractivity contribution in [3.05, 3.63) is 104 Å². The number of imidazole rings is 1. The molecule has 10 nitrogen and oxygen atoms in total. The maximum Gasteiger partial charge on any atom is 0.430 e. The molecule has 3 aromatic carbocycles. The molecule has 0 aliphatic heterocycles. The number of carbonyl (C=O) groups is 1. The summed E-state index contributed by atoms with van der Waals surface area (Å²) in [6.07, 6.45) is -0.649. The maximum absolute atomic E-state index is 15.6. The van der Waals surface area contributed by atoms with Crippen LogP contribution in [0.15, 0.2) is 70.8 Å². The third kappa shape index (κ3) is 14.4. The van der Waals surface area contributed by atoms with Crippen molar-refractivity contribution in [2.45, 2.75) is 60.5 Å². The number of carboxylic acid groups (broad SMARTS) is 1. The van der Waals surface area contributed by atoms with E-state index in [0.29, 0.717) is 33.9 Å². The first kappa shape index (κ1) is 49.6. The van der Waals surface area contributed by atoms with Gasteiger partial charge in [0.2, 0.25) is 10.0 Å². The summed E-state index contributed by atoms with van der Waals surface area (Å²) in [5.41, 5.74) is 1.84. The molecule has 0 aliphatic rings. The van der Waals surface area contributed by atoms with Gasteiger partial charge in [-0.05, 0) is 73.4 Å². The molecule has 0 fully saturated rings. The second-order valence-corrected chi connectivity index (χ2v) is 18.1. The Morgan fingerprint density at radius 1 is 0.930 bits per heavy atom. The fraction of sp³-hybridized carbons (Fsp3) is 0.378. The molecule has 0 saturated heterocycles. The maximum atomic E-state index is 15.6. The number of halogens is 8. The summed E-state index contributed by atoms with van der Waals surface area (Å²) in [6.45, 7) is 5.34. The van der Waals surface area contributed by atoms with Gasteiger partial charge in [-0.15, -0.1) is 0 Å². The fourth-order valence-electron chi connectivity index (χ4n) is 5.15. The van der Waals surface area contributed by atoms with Crippen LogP contribution in [-0.2, 0) is 35.6 Å². The number of carboxylic acids is 1. The van der Waals surface area contributed by atoms with Crippen molar-refractivity contribution in [1.29, 1.82) is 0 Å². The van der Waals surface area contributed by atoms with Crippen LogP contribution in [0.1, 0.15) is 49.9 Å². The number of rotatable bonds is 14. The highest BCUT2D eigenvalue weighted by molar-refractivity contribution is 7.98. The highest BCUT2D eigenvalue weighted by Gasteiger charge is 2.31. The molecule has 57 heavy (non-hydrogen) atoms. The molecule has 4 rings (SSSR count). The van der Waals surface area contributed by atoms with Crippen molar-refractivity contribution in [1.82, 2.24) is 13.9 Å². The van der Waals surface area contributed by atoms with E-state index in [-0.39, 0.29) is 33.2 Å². The number of unbranched alkanes of at least 4 members (excludes halogenated alkanes) is 2. The Bertz CT molecular complexity index is 2120. The average Bonchev–Trinajstić information content (AvgIpc) is 3.53. The van der Waals surface area contributed by atoms with Crippen LogP contribution in [0.5, 0.6) is 0 Å². The molecular weight excluding hydrogens is 862 g/mol. The minimum atomic E-state index is -5.19. The van der Waals surface area contributed by atoms with Gasteiger partial charge in [0.1, 0.15) is 17.6 Å². The van der Waals surface area contributed by atoms with Crippen LogP contribution in [0.25, 0.3) is 5.69 Å². The van der Waals surface area contributed by atoms with Crippen LogP contribution in [-0.4, -0.2) is 86.3 Å². The lowest BCUT2D eigenvalue weighted by molar-refractivity contribution is -0.870. The molecule has 0 atom stereocenters. The largest absolute Gasteiger partial charge is 0.542 e. The molecule has 0 bridgehead atoms. The monoisotopic (exact) mass is 900 g/mol. The lowest BCUT2D eigenvalue weighted by atomic mass is 9.81. The third-order valence-corrected chi connectivity index (χ3v) is 12.2. The smallest absolute Gasteiger partial charge is 0.430 e. The number of quaternary nitrogens is 1. The molecule has 0 unspecified atom stereocenters. The van der Waals surface area contributed by atoms with Gasteiger partial charge in [-0.1, -0.05) is 66.5 Å². The molecule has 1 aromatic heterocycles. The van der Waals surface area contributed by atoms with Crippen molar-refractivity contribution in [2.24, 2.45) is 0 Å². The van der Waals surface area contributed by atoms with Gasteiger partial charge < -0.3 is 14.4 Å². The van der Waals surface area contributed by atoms with Crippen LogP contribution >= 0.6 is 46.6 Å². The summed E-state index contributed by atoms with van der Waals surface area (Å²) in [5, 5.41) is 10.1. The summed E-state index contributed by atoms with van der Waals surface area (Å²) in [4.78, 5) is 29.5. The van der Waals surface area contributed by atoms with E-state index in [4.69, 9.17) is 54.3 Å². The zero-order valence-corrected chi connectivity index (χ0v) is 35.5. The Balaban J connectivity index is 0.000000997. The molecule has 4 aromatic rings. The van der Waals surface area contributed by atoms with Gasteiger partial charge >= 0.3 is 12.3 Å². The van der Waals surface area contributed by atoms with E-state index in [2.05, 4.69) is 26.1 Å². The minimum absolute atomic E-state index is 0.00340. The van der Waals surface area contributed by atoms with E-state index >= 15 is 4.39 Å². The van der Waals surface area contributed by atoms with Crippen LogP contribution in [0.4, 0.5) is 22.0 Å². The number of alkyl halides is 3. The standard InChI is InChI=1S/C34H40Cl3F2N4O2S2.C2HF3O2.CO2/c1-34(2,23-10-15-28(35)30(37)18-23)32-21-40-33(42(32)25-13-11-24(38)12-14-25)46-22-27-29(36)19-26(20-31(27)39)47(44,45)41(3)16-8-7-9-17-43(4,5)6;3-2(4,5)1(6)7;2-1-3/h10-15,18-21H,7-9,16-17,22H2,1-6H3;(H,6,7);/q+1;;/p-1. The highest BCUT2D eigenvalue weighted by Crippen LogP contribution is 2.39. The number of aromatic nitrogens is 2. The van der Waals surface area contributed by atoms with Crippen molar-refractivity contribution < 1.29 is 54.3 Å². The molecule has 0 saturated carbocycles. The third-order valence-electron chi connectivity index (χ3n) is 8.30. The van der Waals surface area contributed by atoms with E-state index in [0.717, 1.165) is 41.2 Å². The van der Waals surface area contributed by atoms with Crippen molar-refractivity contribution in [3.8, 4) is 5.69 Å². The number of benzene rings is 3. The molecule has 0 amide bonds. The molecule has 0 spiro atoms. The second kappa shape index (κ2) is 20.9. The Labute approximate surface area is 347 Å². The predicted molar refractivity (Wildman–Crippen MR) is 206 cm³/mol. The van der Waals surface area contributed by atoms with E-state index in [1.807, 2.05) is 24.5 Å². The fourth-order valence-corrected chi connectivity index (χ4v) is 8.14. The van der Waals surface area contributed by atoms with Gasteiger partial charge in [-0.3, -0.25) is 4.57 Å². The van der Waals surface area contributed by atoms with Crippen LogP contribution < -0.4 is 5.11 Å². The second-order valence-electron chi connectivity index (χ2n) is 13.9. The van der Waals surface area contributed by atoms with Gasteiger partial charge in [0.05, 0.1) is 54.5 Å². The lowest BCUT2D eigenvalue weighted by Crippen LogP contribution is -2.37. The number of nitrogens with zero attached hydrogens (tertiary/aromatic N) is 4. The van der Waals surface area contributed by atoms with Crippen molar-refractivity contribution in [3.63, 3.8) is 0 Å². The number of sulfonamides is 1. The van der Waals surface area contributed by atoms with Gasteiger partial charge in [-0.2, -0.15) is 22.8 Å². The predicted octanol–water partition coefficient (Wildman–Crippen LogP) is 7.94. The minimum Gasteiger partial charge on any atom is -0.542 e. The number of hydrogen-bond acceptors (Lipinski definition) is 8. The van der Waals surface area contributed by atoms with E-state index in [9.17, 15) is 26.0 Å². The number of hydrogen-bond donors (Lipinski definition) is 0. The summed E-state index contributed by atoms with van der Waals surface area (Å²) >= 11 is 20.3. The number of aliphatic carboxylic acids is 1. The van der Waals surface area contributed by atoms with Crippen molar-refractivity contribution in [2.75, 3.05) is 41.3 Å². The van der Waals surface area contributed by atoms with Crippen LogP contribution in [0, 0.1) is 11.6 Å². The summed E-state index contributed by atoms with van der Waals surface area (Å²) in [5.74, 6) is -4.05. The molecule has 312 valence electrons. The van der Waals surface area contributed by atoms with E-state index < -0.39 is 33.4 Å². The lowest BCUT2D eigenvalue weighted by Gasteiger charge is -2.28. The zero-order chi connectivity index (χ0) is 43.5. The summed E-state index contributed by atoms with van der Waals surface area (Å²) in [6, 6.07) is 13.7. The van der Waals surface area contributed by atoms with Crippen molar-refractivity contribution >= 4 is 68.7 Å². The van der Waals surface area contributed by atoms with Gasteiger partial charge in [-0.25, -0.2) is 26.5 Å². The van der Waals surface area contributed by atoms with Crippen LogP contribution in [0.2, 0.25) is 15.1 Å². The zero-order valence-electron chi connectivity index (χ0n) is 31.6. The average molecular weight is 902 g/mol. The Hall–Kier alpha value is -3.54. The molecule has 0 aliphatic carbocycles. The van der Waals surface area contributed by atoms with Gasteiger partial charge in [0, 0.05) is 41.0 Å². The first-order valence-electron chi connectivity index (χ1n) is 16.7. The van der Waals surface area contributed by atoms with Gasteiger partial charge in [0.15, 0.2) is 5.16 Å². The Morgan fingerprint density at radius 3 is 2.02 bits per heavy atom. The summed E-state index contributed by atoms with van der Waals surface area (Å²) < 4.78 is 91.5. The number of carbonyl (C=O) groups excluding carboxylic acids is 3. The van der Waals surface area contributed by atoms with Crippen LogP contribution in [0.3, 0.4) is 0 Å².